The van der Waals surface area contributed by atoms with Crippen molar-refractivity contribution in [2.75, 3.05) is 18.8 Å². The van der Waals surface area contributed by atoms with E-state index >= 15 is 0 Å². The van der Waals surface area contributed by atoms with Gasteiger partial charge >= 0.3 is 0 Å². The van der Waals surface area contributed by atoms with E-state index in [-0.39, 0.29) is 11.6 Å². The van der Waals surface area contributed by atoms with Crippen molar-refractivity contribution in [3.8, 4) is 0 Å². The Morgan fingerprint density at radius 1 is 1.15 bits per heavy atom. The summed E-state index contributed by atoms with van der Waals surface area (Å²) in [5, 5.41) is 3.18. The molecule has 0 unspecified atom stereocenters. The molecule has 0 aliphatic carbocycles. The van der Waals surface area contributed by atoms with Crippen molar-refractivity contribution < 1.29 is 12.8 Å². The fraction of sp³-hybridized carbons (Fsp3) is 0.571. The molecule has 6 heteroatoms. The Kier molecular flexibility index (Phi) is 7.12. The molecule has 1 aromatic carbocycles. The molecule has 0 radical (unpaired) electrons. The number of rotatable bonds is 9. The van der Waals surface area contributed by atoms with E-state index in [9.17, 15) is 12.8 Å². The monoisotopic (exact) mass is 302 g/mol. The van der Waals surface area contributed by atoms with Gasteiger partial charge in [-0.25, -0.2) is 17.5 Å². The zero-order valence-corrected chi connectivity index (χ0v) is 12.8. The zero-order valence-electron chi connectivity index (χ0n) is 12.0. The normalized spacial score (nSPS) is 12.0. The molecule has 4 nitrogen and oxygen atoms in total. The SMILES string of the molecule is CC(C)NCCCS(=O)(=O)NCCc1ccc(F)cc1. The average Bonchev–Trinajstić information content (AvgIpc) is 2.37. The van der Waals surface area contributed by atoms with Crippen LogP contribution in [0.4, 0.5) is 4.39 Å². The predicted molar refractivity (Wildman–Crippen MR) is 79.6 cm³/mol. The summed E-state index contributed by atoms with van der Waals surface area (Å²) in [5.74, 6) is -0.164. The van der Waals surface area contributed by atoms with Gasteiger partial charge in [-0.3, -0.25) is 0 Å². The molecule has 0 saturated carbocycles. The number of hydrogen-bond acceptors (Lipinski definition) is 3. The number of nitrogens with one attached hydrogen (secondary N) is 2. The van der Waals surface area contributed by atoms with Crippen LogP contribution in [0.3, 0.4) is 0 Å². The third-order valence-electron chi connectivity index (χ3n) is 2.79. The molecular formula is C14H23FN2O2S. The minimum atomic E-state index is -3.22. The van der Waals surface area contributed by atoms with E-state index in [1.807, 2.05) is 13.8 Å². The summed E-state index contributed by atoms with van der Waals surface area (Å²) in [5.41, 5.74) is 0.913. The van der Waals surface area contributed by atoms with E-state index < -0.39 is 10.0 Å². The molecule has 0 amide bonds. The minimum Gasteiger partial charge on any atom is -0.314 e. The van der Waals surface area contributed by atoms with Crippen LogP contribution in [0.25, 0.3) is 0 Å². The lowest BCUT2D eigenvalue weighted by Crippen LogP contribution is -2.31. The van der Waals surface area contributed by atoms with E-state index in [1.165, 1.54) is 12.1 Å². The van der Waals surface area contributed by atoms with Gasteiger partial charge < -0.3 is 5.32 Å². The first-order valence-electron chi connectivity index (χ1n) is 6.84. The molecule has 0 aliphatic heterocycles. The number of hydrogen-bond donors (Lipinski definition) is 2. The molecule has 0 heterocycles. The summed E-state index contributed by atoms with van der Waals surface area (Å²) in [6, 6.07) is 6.44. The maximum absolute atomic E-state index is 12.7. The number of halogens is 1. The summed E-state index contributed by atoms with van der Waals surface area (Å²) in [7, 11) is -3.22. The Balaban J connectivity index is 2.24. The quantitative estimate of drug-likeness (QED) is 0.682. The fourth-order valence-corrected chi connectivity index (χ4v) is 2.81. The average molecular weight is 302 g/mol. The molecule has 114 valence electrons. The van der Waals surface area contributed by atoms with Gasteiger partial charge in [0.15, 0.2) is 0 Å². The highest BCUT2D eigenvalue weighted by Crippen LogP contribution is 2.03. The van der Waals surface area contributed by atoms with Crippen molar-refractivity contribution in [1.82, 2.24) is 10.0 Å². The Morgan fingerprint density at radius 2 is 1.80 bits per heavy atom. The van der Waals surface area contributed by atoms with Crippen LogP contribution in [0, 0.1) is 5.82 Å². The van der Waals surface area contributed by atoms with Crippen molar-refractivity contribution in [2.45, 2.75) is 32.7 Å². The van der Waals surface area contributed by atoms with Gasteiger partial charge in [0.05, 0.1) is 5.75 Å². The van der Waals surface area contributed by atoms with Gasteiger partial charge in [0.1, 0.15) is 5.82 Å². The number of benzene rings is 1. The Bertz CT molecular complexity index is 486. The molecule has 1 aromatic rings. The Morgan fingerprint density at radius 3 is 2.40 bits per heavy atom. The predicted octanol–water partition coefficient (Wildman–Crippen LogP) is 1.68. The second-order valence-corrected chi connectivity index (χ2v) is 6.98. The van der Waals surface area contributed by atoms with Crippen molar-refractivity contribution in [3.63, 3.8) is 0 Å². The van der Waals surface area contributed by atoms with Crippen molar-refractivity contribution in [3.05, 3.63) is 35.6 Å². The van der Waals surface area contributed by atoms with Gasteiger partial charge in [0, 0.05) is 12.6 Å². The molecule has 1 rings (SSSR count). The standard InChI is InChI=1S/C14H23FN2O2S/c1-12(2)16-9-3-11-20(18,19)17-10-8-13-4-6-14(15)7-5-13/h4-7,12,16-17H,3,8-11H2,1-2H3. The molecule has 0 atom stereocenters. The second-order valence-electron chi connectivity index (χ2n) is 5.05. The Hall–Kier alpha value is -0.980. The first-order valence-corrected chi connectivity index (χ1v) is 8.49. The maximum Gasteiger partial charge on any atom is 0.211 e. The smallest absolute Gasteiger partial charge is 0.211 e. The lowest BCUT2D eigenvalue weighted by atomic mass is 10.1. The zero-order chi connectivity index (χ0) is 15.0. The largest absolute Gasteiger partial charge is 0.314 e. The van der Waals surface area contributed by atoms with E-state index in [0.29, 0.717) is 32.0 Å². The summed E-state index contributed by atoms with van der Waals surface area (Å²) in [6.07, 6.45) is 1.15. The van der Waals surface area contributed by atoms with Crippen LogP contribution in [0.5, 0.6) is 0 Å². The van der Waals surface area contributed by atoms with Crippen molar-refractivity contribution >= 4 is 10.0 Å². The van der Waals surface area contributed by atoms with Gasteiger partial charge in [-0.15, -0.1) is 0 Å². The maximum atomic E-state index is 12.7. The van der Waals surface area contributed by atoms with E-state index in [4.69, 9.17) is 0 Å². The van der Waals surface area contributed by atoms with Crippen LogP contribution >= 0.6 is 0 Å². The molecule has 0 saturated heterocycles. The summed E-state index contributed by atoms with van der Waals surface area (Å²) >= 11 is 0. The van der Waals surface area contributed by atoms with Gasteiger partial charge in [-0.1, -0.05) is 26.0 Å². The van der Waals surface area contributed by atoms with Gasteiger partial charge in [-0.05, 0) is 37.1 Å². The summed E-state index contributed by atoms with van der Waals surface area (Å²) < 4.78 is 38.7. The van der Waals surface area contributed by atoms with Gasteiger partial charge in [0.25, 0.3) is 0 Å². The van der Waals surface area contributed by atoms with E-state index in [0.717, 1.165) is 5.56 Å². The molecule has 2 N–H and O–H groups in total. The second kappa shape index (κ2) is 8.34. The molecule has 0 fully saturated rings. The summed E-state index contributed by atoms with van der Waals surface area (Å²) in [4.78, 5) is 0. The lowest BCUT2D eigenvalue weighted by molar-refractivity contribution is 0.561. The molecule has 0 bridgehead atoms. The summed E-state index contributed by atoms with van der Waals surface area (Å²) in [6.45, 7) is 5.08. The molecular weight excluding hydrogens is 279 g/mol. The highest BCUT2D eigenvalue weighted by molar-refractivity contribution is 7.89. The molecule has 0 spiro atoms. The van der Waals surface area contributed by atoms with Crippen molar-refractivity contribution in [1.29, 1.82) is 0 Å². The molecule has 20 heavy (non-hydrogen) atoms. The van der Waals surface area contributed by atoms with E-state index in [1.54, 1.807) is 12.1 Å². The Labute approximate surface area is 120 Å². The fourth-order valence-electron chi connectivity index (χ4n) is 1.73. The van der Waals surface area contributed by atoms with Crippen LogP contribution in [-0.4, -0.2) is 33.3 Å². The van der Waals surface area contributed by atoms with Crippen LogP contribution in [0.1, 0.15) is 25.8 Å². The third kappa shape index (κ3) is 7.57. The minimum absolute atomic E-state index is 0.121. The first kappa shape index (κ1) is 17.1. The highest BCUT2D eigenvalue weighted by Gasteiger charge is 2.09. The van der Waals surface area contributed by atoms with E-state index in [2.05, 4.69) is 10.0 Å². The first-order chi connectivity index (χ1) is 9.39. The highest BCUT2D eigenvalue weighted by atomic mass is 32.2. The van der Waals surface area contributed by atoms with Crippen LogP contribution in [-0.2, 0) is 16.4 Å². The third-order valence-corrected chi connectivity index (χ3v) is 4.26. The van der Waals surface area contributed by atoms with Crippen LogP contribution < -0.4 is 10.0 Å². The van der Waals surface area contributed by atoms with Crippen molar-refractivity contribution in [2.24, 2.45) is 0 Å². The van der Waals surface area contributed by atoms with Crippen LogP contribution in [0.2, 0.25) is 0 Å². The number of sulfonamides is 1. The molecule has 0 aromatic heterocycles. The lowest BCUT2D eigenvalue weighted by Gasteiger charge is -2.09. The molecule has 0 aliphatic rings. The van der Waals surface area contributed by atoms with Crippen LogP contribution in [0.15, 0.2) is 24.3 Å². The van der Waals surface area contributed by atoms with Gasteiger partial charge in [-0.2, -0.15) is 0 Å². The topological polar surface area (TPSA) is 58.2 Å². The van der Waals surface area contributed by atoms with Gasteiger partial charge in [0.2, 0.25) is 10.0 Å².